The molecule has 0 saturated carbocycles. The van der Waals surface area contributed by atoms with Crippen molar-refractivity contribution in [2.75, 3.05) is 13.7 Å². The van der Waals surface area contributed by atoms with E-state index in [1.54, 1.807) is 18.4 Å². The van der Waals surface area contributed by atoms with E-state index < -0.39 is 8.07 Å². The number of nitrogens with zero attached hydrogens (tertiary/aromatic N) is 3. The zero-order valence-corrected chi connectivity index (χ0v) is 18.2. The molecule has 0 fully saturated rings. The lowest BCUT2D eigenvalue weighted by Gasteiger charge is -2.15. The number of thiazole rings is 1. The van der Waals surface area contributed by atoms with Crippen LogP contribution >= 0.6 is 11.3 Å². The number of aryl methyl sites for hydroxylation is 1. The van der Waals surface area contributed by atoms with Crippen molar-refractivity contribution < 1.29 is 9.47 Å². The van der Waals surface area contributed by atoms with Crippen LogP contribution in [0.5, 0.6) is 5.75 Å². The first kappa shape index (κ1) is 19.1. The number of hydrogen-bond donors (Lipinski definition) is 0. The van der Waals surface area contributed by atoms with Crippen LogP contribution < -0.4 is 4.74 Å². The van der Waals surface area contributed by atoms with Crippen molar-refractivity contribution in [2.24, 2.45) is 0 Å². The van der Waals surface area contributed by atoms with Crippen LogP contribution in [0.1, 0.15) is 11.4 Å². The fourth-order valence-electron chi connectivity index (χ4n) is 2.99. The number of aromatic nitrogens is 3. The van der Waals surface area contributed by atoms with Gasteiger partial charge in [0.1, 0.15) is 12.5 Å². The Hall–Kier alpha value is -1.70. The maximum Gasteiger partial charge on any atom is 0.139 e. The zero-order chi connectivity index (χ0) is 18.9. The fraction of sp³-hybridized carbons (Fsp3) is 0.474. The van der Waals surface area contributed by atoms with E-state index in [-0.39, 0.29) is 0 Å². The molecule has 2 aromatic heterocycles. The molecule has 3 rings (SSSR count). The number of methoxy groups -OCH3 is 1. The highest BCUT2D eigenvalue weighted by molar-refractivity contribution is 7.16. The van der Waals surface area contributed by atoms with Gasteiger partial charge in [-0.15, -0.1) is 11.3 Å². The summed E-state index contributed by atoms with van der Waals surface area (Å²) >= 11 is 1.62. The second-order valence-electron chi connectivity index (χ2n) is 7.77. The molecule has 2 heterocycles. The minimum atomic E-state index is -1.08. The Morgan fingerprint density at radius 2 is 1.96 bits per heavy atom. The average Bonchev–Trinajstić information content (AvgIpc) is 3.14. The van der Waals surface area contributed by atoms with Gasteiger partial charge in [-0.1, -0.05) is 19.6 Å². The smallest absolute Gasteiger partial charge is 0.139 e. The van der Waals surface area contributed by atoms with Crippen molar-refractivity contribution in [1.82, 2.24) is 14.8 Å². The number of rotatable bonds is 7. The van der Waals surface area contributed by atoms with Gasteiger partial charge in [-0.05, 0) is 32.0 Å². The van der Waals surface area contributed by atoms with E-state index >= 15 is 0 Å². The lowest BCUT2D eigenvalue weighted by Crippen LogP contribution is -2.22. The molecule has 0 aliphatic carbocycles. The quantitative estimate of drug-likeness (QED) is 0.417. The molecule has 0 radical (unpaired) electrons. The molecule has 0 N–H and O–H groups in total. The van der Waals surface area contributed by atoms with Crippen molar-refractivity contribution in [3.05, 3.63) is 29.0 Å². The van der Waals surface area contributed by atoms with Crippen molar-refractivity contribution >= 4 is 29.6 Å². The van der Waals surface area contributed by atoms with Crippen LogP contribution in [0, 0.1) is 13.8 Å². The topological polar surface area (TPSA) is 49.2 Å². The largest absolute Gasteiger partial charge is 0.497 e. The maximum atomic E-state index is 5.90. The highest BCUT2D eigenvalue weighted by Gasteiger charge is 2.19. The summed E-state index contributed by atoms with van der Waals surface area (Å²) in [5.74, 6) is 0.842. The molecule has 0 amide bonds. The van der Waals surface area contributed by atoms with Gasteiger partial charge in [0.15, 0.2) is 0 Å². The summed E-state index contributed by atoms with van der Waals surface area (Å²) in [4.78, 5) is 4.56. The molecule has 3 aromatic rings. The van der Waals surface area contributed by atoms with Gasteiger partial charge in [0.2, 0.25) is 0 Å². The van der Waals surface area contributed by atoms with E-state index in [0.29, 0.717) is 6.73 Å². The van der Waals surface area contributed by atoms with E-state index in [1.807, 2.05) is 23.2 Å². The van der Waals surface area contributed by atoms with Crippen LogP contribution in [-0.2, 0) is 11.5 Å². The van der Waals surface area contributed by atoms with Gasteiger partial charge in [0, 0.05) is 31.5 Å². The molecule has 0 aliphatic rings. The summed E-state index contributed by atoms with van der Waals surface area (Å²) < 4.78 is 14.5. The van der Waals surface area contributed by atoms with Gasteiger partial charge in [0.05, 0.1) is 28.5 Å². The molecule has 0 unspecified atom stereocenters. The number of hydrogen-bond acceptors (Lipinski definition) is 5. The SMILES string of the molecule is COc1cc(-c2c(C)nn(COCC[Si](C)(C)C)c2C)c2ncsc2c1. The molecule has 140 valence electrons. The van der Waals surface area contributed by atoms with Gasteiger partial charge >= 0.3 is 0 Å². The molecule has 0 atom stereocenters. The summed E-state index contributed by atoms with van der Waals surface area (Å²) in [6, 6.07) is 5.25. The zero-order valence-electron chi connectivity index (χ0n) is 16.4. The Labute approximate surface area is 160 Å². The number of fused-ring (bicyclic) bond motifs is 1. The van der Waals surface area contributed by atoms with Crippen LogP contribution in [-0.4, -0.2) is 36.6 Å². The summed E-state index contributed by atoms with van der Waals surface area (Å²) in [5.41, 5.74) is 7.15. The summed E-state index contributed by atoms with van der Waals surface area (Å²) in [6.45, 7) is 12.5. The first-order valence-corrected chi connectivity index (χ1v) is 13.4. The minimum absolute atomic E-state index is 0.487. The lowest BCUT2D eigenvalue weighted by molar-refractivity contribution is 0.0770. The van der Waals surface area contributed by atoms with Gasteiger partial charge in [-0.3, -0.25) is 0 Å². The standard InChI is InChI=1S/C19H27N3O2SSi/c1-13-18(14(2)22(21-13)12-24-7-8-26(4,5)6)16-9-15(23-3)10-17-19(16)20-11-25-17/h9-11H,7-8,12H2,1-6H3. The molecule has 0 spiro atoms. The third-order valence-electron chi connectivity index (χ3n) is 4.51. The van der Waals surface area contributed by atoms with Crippen molar-refractivity contribution in [1.29, 1.82) is 0 Å². The van der Waals surface area contributed by atoms with Crippen LogP contribution in [0.4, 0.5) is 0 Å². The van der Waals surface area contributed by atoms with E-state index in [0.717, 1.165) is 51.1 Å². The first-order valence-electron chi connectivity index (χ1n) is 8.83. The molecule has 7 heteroatoms. The minimum Gasteiger partial charge on any atom is -0.497 e. The van der Waals surface area contributed by atoms with Gasteiger partial charge in [-0.2, -0.15) is 5.10 Å². The second kappa shape index (κ2) is 7.50. The Kier molecular flexibility index (Phi) is 5.50. The van der Waals surface area contributed by atoms with Crippen LogP contribution in [0.3, 0.4) is 0 Å². The highest BCUT2D eigenvalue weighted by Crippen LogP contribution is 2.37. The van der Waals surface area contributed by atoms with Crippen LogP contribution in [0.2, 0.25) is 25.7 Å². The van der Waals surface area contributed by atoms with E-state index in [2.05, 4.69) is 37.6 Å². The summed E-state index contributed by atoms with van der Waals surface area (Å²) in [5, 5.41) is 4.71. The molecule has 5 nitrogen and oxygen atoms in total. The second-order valence-corrected chi connectivity index (χ2v) is 14.3. The number of benzene rings is 1. The molecular formula is C19H27N3O2SSi. The molecular weight excluding hydrogens is 362 g/mol. The third kappa shape index (κ3) is 4.00. The van der Waals surface area contributed by atoms with E-state index in [1.165, 1.54) is 0 Å². The summed E-state index contributed by atoms with van der Waals surface area (Å²) in [6.07, 6.45) is 0. The predicted octanol–water partition coefficient (Wildman–Crippen LogP) is 5.10. The summed E-state index contributed by atoms with van der Waals surface area (Å²) in [7, 11) is 0.620. The van der Waals surface area contributed by atoms with Gasteiger partial charge < -0.3 is 9.47 Å². The lowest BCUT2D eigenvalue weighted by atomic mass is 10.0. The van der Waals surface area contributed by atoms with E-state index in [9.17, 15) is 0 Å². The van der Waals surface area contributed by atoms with Crippen LogP contribution in [0.15, 0.2) is 17.6 Å². The molecule has 1 aromatic carbocycles. The molecule has 26 heavy (non-hydrogen) atoms. The fourth-order valence-corrected chi connectivity index (χ4v) is 4.48. The Bertz CT molecular complexity index is 912. The van der Waals surface area contributed by atoms with Crippen LogP contribution in [0.25, 0.3) is 21.3 Å². The predicted molar refractivity (Wildman–Crippen MR) is 111 cm³/mol. The Morgan fingerprint density at radius 3 is 2.65 bits per heavy atom. The maximum absolute atomic E-state index is 5.90. The van der Waals surface area contributed by atoms with Crippen molar-refractivity contribution in [3.8, 4) is 16.9 Å². The van der Waals surface area contributed by atoms with E-state index in [4.69, 9.17) is 14.6 Å². The van der Waals surface area contributed by atoms with Gasteiger partial charge in [-0.25, -0.2) is 9.67 Å². The van der Waals surface area contributed by atoms with Crippen molar-refractivity contribution in [2.45, 2.75) is 46.3 Å². The molecule has 0 bridgehead atoms. The number of ether oxygens (including phenoxy) is 2. The van der Waals surface area contributed by atoms with Gasteiger partial charge in [0.25, 0.3) is 0 Å². The molecule has 0 aliphatic heterocycles. The monoisotopic (exact) mass is 389 g/mol. The van der Waals surface area contributed by atoms with Crippen molar-refractivity contribution in [3.63, 3.8) is 0 Å². The molecule has 0 saturated heterocycles. The normalized spacial score (nSPS) is 12.1. The Morgan fingerprint density at radius 1 is 1.19 bits per heavy atom. The Balaban J connectivity index is 1.90. The highest BCUT2D eigenvalue weighted by atomic mass is 32.1. The first-order chi connectivity index (χ1) is 12.3. The third-order valence-corrected chi connectivity index (χ3v) is 6.99. The average molecular weight is 390 g/mol.